The first-order valence-electron chi connectivity index (χ1n) is 5.68. The minimum Gasteiger partial charge on any atom is -0.390 e. The minimum absolute atomic E-state index is 0.101. The summed E-state index contributed by atoms with van der Waals surface area (Å²) in [7, 11) is 0. The Morgan fingerprint density at radius 3 is 3.00 bits per heavy atom. The van der Waals surface area contributed by atoms with Gasteiger partial charge in [-0.25, -0.2) is 0 Å². The summed E-state index contributed by atoms with van der Waals surface area (Å²) < 4.78 is 5.84. The highest BCUT2D eigenvalue weighted by atomic mass is 16.5. The summed E-state index contributed by atoms with van der Waals surface area (Å²) in [4.78, 5) is 0. The van der Waals surface area contributed by atoms with Crippen molar-refractivity contribution in [3.8, 4) is 0 Å². The maximum Gasteiger partial charge on any atom is 0.0869 e. The molecule has 0 spiro atoms. The summed E-state index contributed by atoms with van der Waals surface area (Å²) in [6.45, 7) is 5.92. The number of fused-ring (bicyclic) bond motifs is 1. The normalized spacial score (nSPS) is 47.4. The Morgan fingerprint density at radius 2 is 2.29 bits per heavy atom. The molecule has 2 rings (SSSR count). The van der Waals surface area contributed by atoms with Crippen LogP contribution in [0.5, 0.6) is 0 Å². The van der Waals surface area contributed by atoms with Gasteiger partial charge in [0.05, 0.1) is 18.3 Å². The van der Waals surface area contributed by atoms with E-state index in [4.69, 9.17) is 4.74 Å². The van der Waals surface area contributed by atoms with Crippen molar-refractivity contribution in [2.45, 2.75) is 50.9 Å². The van der Waals surface area contributed by atoms with E-state index in [1.807, 2.05) is 6.08 Å². The van der Waals surface area contributed by atoms with Crippen molar-refractivity contribution in [2.75, 3.05) is 0 Å². The average molecular weight is 196 g/mol. The predicted molar refractivity (Wildman–Crippen MR) is 56.0 cm³/mol. The second-order valence-electron chi connectivity index (χ2n) is 4.66. The lowest BCUT2D eigenvalue weighted by atomic mass is 9.76. The van der Waals surface area contributed by atoms with Crippen LogP contribution in [-0.2, 0) is 4.74 Å². The molecule has 14 heavy (non-hydrogen) atoms. The third-order valence-corrected chi connectivity index (χ3v) is 3.80. The highest BCUT2D eigenvalue weighted by molar-refractivity contribution is 4.96. The zero-order valence-electron chi connectivity index (χ0n) is 8.86. The SMILES string of the molecule is C=CC[C@H]1C(C)OC2C1CCC[C@@H]2O. The van der Waals surface area contributed by atoms with Gasteiger partial charge in [-0.3, -0.25) is 0 Å². The molecule has 1 aliphatic heterocycles. The second-order valence-corrected chi connectivity index (χ2v) is 4.66. The summed E-state index contributed by atoms with van der Waals surface area (Å²) >= 11 is 0. The maximum absolute atomic E-state index is 9.83. The molecule has 1 saturated heterocycles. The molecule has 1 aliphatic carbocycles. The first kappa shape index (κ1) is 10.2. The van der Waals surface area contributed by atoms with E-state index in [0.717, 1.165) is 19.3 Å². The van der Waals surface area contributed by atoms with Crippen LogP contribution in [0.1, 0.15) is 32.6 Å². The zero-order valence-corrected chi connectivity index (χ0v) is 8.86. The molecule has 2 aliphatic rings. The molecule has 2 nitrogen and oxygen atoms in total. The number of aliphatic hydroxyl groups is 1. The molecule has 2 fully saturated rings. The molecule has 1 saturated carbocycles. The van der Waals surface area contributed by atoms with E-state index < -0.39 is 0 Å². The van der Waals surface area contributed by atoms with Gasteiger partial charge in [-0.05, 0) is 38.0 Å². The van der Waals surface area contributed by atoms with E-state index in [0.29, 0.717) is 11.8 Å². The van der Waals surface area contributed by atoms with Crippen LogP contribution in [0.2, 0.25) is 0 Å². The summed E-state index contributed by atoms with van der Waals surface area (Å²) in [5, 5.41) is 9.83. The quantitative estimate of drug-likeness (QED) is 0.686. The van der Waals surface area contributed by atoms with E-state index in [9.17, 15) is 5.11 Å². The number of aliphatic hydroxyl groups excluding tert-OH is 1. The molecular formula is C12H20O2. The van der Waals surface area contributed by atoms with Crippen molar-refractivity contribution in [2.24, 2.45) is 11.8 Å². The third-order valence-electron chi connectivity index (χ3n) is 3.80. The van der Waals surface area contributed by atoms with Crippen molar-refractivity contribution < 1.29 is 9.84 Å². The van der Waals surface area contributed by atoms with E-state index >= 15 is 0 Å². The van der Waals surface area contributed by atoms with Gasteiger partial charge in [0, 0.05) is 0 Å². The van der Waals surface area contributed by atoms with E-state index in [2.05, 4.69) is 13.5 Å². The molecule has 0 radical (unpaired) electrons. The van der Waals surface area contributed by atoms with Crippen LogP contribution in [0, 0.1) is 11.8 Å². The lowest BCUT2D eigenvalue weighted by Crippen LogP contribution is -2.36. The van der Waals surface area contributed by atoms with Crippen molar-refractivity contribution in [3.63, 3.8) is 0 Å². The molecule has 3 unspecified atom stereocenters. The van der Waals surface area contributed by atoms with Gasteiger partial charge in [-0.2, -0.15) is 0 Å². The highest BCUT2D eigenvalue weighted by Crippen LogP contribution is 2.43. The van der Waals surface area contributed by atoms with Crippen LogP contribution >= 0.6 is 0 Å². The molecule has 5 atom stereocenters. The Balaban J connectivity index is 2.09. The molecule has 2 heteroatoms. The van der Waals surface area contributed by atoms with Gasteiger partial charge in [0.1, 0.15) is 0 Å². The second kappa shape index (κ2) is 4.03. The fourth-order valence-corrected chi connectivity index (χ4v) is 3.08. The fraction of sp³-hybridized carbons (Fsp3) is 0.833. The molecular weight excluding hydrogens is 176 g/mol. The van der Waals surface area contributed by atoms with Crippen molar-refractivity contribution in [3.05, 3.63) is 12.7 Å². The van der Waals surface area contributed by atoms with Crippen LogP contribution in [0.4, 0.5) is 0 Å². The molecule has 80 valence electrons. The maximum atomic E-state index is 9.83. The predicted octanol–water partition coefficient (Wildman–Crippen LogP) is 2.13. The van der Waals surface area contributed by atoms with Gasteiger partial charge >= 0.3 is 0 Å². The number of allylic oxidation sites excluding steroid dienone is 1. The van der Waals surface area contributed by atoms with Crippen molar-refractivity contribution >= 4 is 0 Å². The first-order chi connectivity index (χ1) is 6.74. The van der Waals surface area contributed by atoms with Crippen molar-refractivity contribution in [1.82, 2.24) is 0 Å². The number of ether oxygens (including phenoxy) is 1. The molecule has 0 aromatic rings. The highest BCUT2D eigenvalue weighted by Gasteiger charge is 2.46. The zero-order chi connectivity index (χ0) is 10.1. The Morgan fingerprint density at radius 1 is 1.50 bits per heavy atom. The summed E-state index contributed by atoms with van der Waals surface area (Å²) in [5.74, 6) is 1.14. The van der Waals surface area contributed by atoms with Crippen LogP contribution in [0.3, 0.4) is 0 Å². The van der Waals surface area contributed by atoms with Gasteiger partial charge in [-0.15, -0.1) is 6.58 Å². The Labute approximate surface area is 86.0 Å². The van der Waals surface area contributed by atoms with E-state index in [1.165, 1.54) is 6.42 Å². The fourth-order valence-electron chi connectivity index (χ4n) is 3.08. The van der Waals surface area contributed by atoms with Gasteiger partial charge < -0.3 is 9.84 Å². The van der Waals surface area contributed by atoms with Crippen LogP contribution in [-0.4, -0.2) is 23.4 Å². The molecule has 0 amide bonds. The van der Waals surface area contributed by atoms with E-state index in [-0.39, 0.29) is 18.3 Å². The molecule has 0 aromatic heterocycles. The van der Waals surface area contributed by atoms with Gasteiger partial charge in [0.25, 0.3) is 0 Å². The molecule has 0 aromatic carbocycles. The van der Waals surface area contributed by atoms with Crippen molar-refractivity contribution in [1.29, 1.82) is 0 Å². The Bertz CT molecular complexity index is 214. The number of rotatable bonds is 2. The van der Waals surface area contributed by atoms with Gasteiger partial charge in [0.2, 0.25) is 0 Å². The molecule has 1 heterocycles. The number of hydrogen-bond donors (Lipinski definition) is 1. The third kappa shape index (κ3) is 1.61. The number of hydrogen-bond acceptors (Lipinski definition) is 2. The van der Waals surface area contributed by atoms with Crippen LogP contribution < -0.4 is 0 Å². The van der Waals surface area contributed by atoms with E-state index in [1.54, 1.807) is 0 Å². The van der Waals surface area contributed by atoms with Gasteiger partial charge in [0.15, 0.2) is 0 Å². The summed E-state index contributed by atoms with van der Waals surface area (Å²) in [6, 6.07) is 0. The lowest BCUT2D eigenvalue weighted by molar-refractivity contribution is -0.0590. The largest absolute Gasteiger partial charge is 0.390 e. The Hall–Kier alpha value is -0.340. The van der Waals surface area contributed by atoms with Crippen LogP contribution in [0.15, 0.2) is 12.7 Å². The van der Waals surface area contributed by atoms with Crippen LogP contribution in [0.25, 0.3) is 0 Å². The standard InChI is InChI=1S/C12H20O2/c1-3-5-9-8(2)14-12-10(9)6-4-7-11(12)13/h3,8-13H,1,4-7H2,2H3/t8?,9-,10?,11-,12?/m0/s1. The van der Waals surface area contributed by atoms with Gasteiger partial charge in [-0.1, -0.05) is 12.5 Å². The monoisotopic (exact) mass is 196 g/mol. The topological polar surface area (TPSA) is 29.5 Å². The lowest BCUT2D eigenvalue weighted by Gasteiger charge is -2.31. The summed E-state index contributed by atoms with van der Waals surface area (Å²) in [6.07, 6.45) is 6.43. The Kier molecular flexibility index (Phi) is 2.93. The molecule has 1 N–H and O–H groups in total. The summed E-state index contributed by atoms with van der Waals surface area (Å²) in [5.41, 5.74) is 0. The molecule has 0 bridgehead atoms. The first-order valence-corrected chi connectivity index (χ1v) is 5.68. The average Bonchev–Trinajstić information content (AvgIpc) is 2.47. The minimum atomic E-state index is -0.231. The smallest absolute Gasteiger partial charge is 0.0869 e.